The first-order valence-electron chi connectivity index (χ1n) is 7.10. The van der Waals surface area contributed by atoms with Crippen LogP contribution < -0.4 is 10.5 Å². The van der Waals surface area contributed by atoms with Crippen molar-refractivity contribution in [2.45, 2.75) is 18.8 Å². The number of aromatic nitrogens is 3. The maximum atomic E-state index is 5.90. The van der Waals surface area contributed by atoms with Crippen LogP contribution in [0.5, 0.6) is 5.75 Å². The Kier molecular flexibility index (Phi) is 4.54. The van der Waals surface area contributed by atoms with Gasteiger partial charge in [-0.25, -0.2) is 15.0 Å². The van der Waals surface area contributed by atoms with Crippen molar-refractivity contribution in [3.8, 4) is 17.1 Å². The van der Waals surface area contributed by atoms with E-state index in [2.05, 4.69) is 30.9 Å². The van der Waals surface area contributed by atoms with Gasteiger partial charge in [0, 0.05) is 24.8 Å². The minimum atomic E-state index is 0.253. The van der Waals surface area contributed by atoms with Crippen LogP contribution in [0.2, 0.25) is 0 Å². The Balaban J connectivity index is 2.04. The van der Waals surface area contributed by atoms with Crippen LogP contribution >= 0.6 is 15.9 Å². The van der Waals surface area contributed by atoms with Crippen molar-refractivity contribution < 1.29 is 9.47 Å². The lowest BCUT2D eigenvalue weighted by molar-refractivity contribution is 0.0845. The summed E-state index contributed by atoms with van der Waals surface area (Å²) in [5.74, 6) is 1.25. The molecule has 0 saturated carbocycles. The largest absolute Gasteiger partial charge is 0.494 e. The Morgan fingerprint density at radius 1 is 1.23 bits per heavy atom. The van der Waals surface area contributed by atoms with E-state index in [-0.39, 0.29) is 5.95 Å². The fourth-order valence-electron chi connectivity index (χ4n) is 2.58. The highest BCUT2D eigenvalue weighted by Gasteiger charge is 2.20. The lowest BCUT2D eigenvalue weighted by Crippen LogP contribution is -2.16. The van der Waals surface area contributed by atoms with E-state index >= 15 is 0 Å². The van der Waals surface area contributed by atoms with Crippen molar-refractivity contribution in [2.75, 3.05) is 26.1 Å². The molecule has 2 aromatic rings. The van der Waals surface area contributed by atoms with Gasteiger partial charge in [-0.05, 0) is 47.0 Å². The van der Waals surface area contributed by atoms with Gasteiger partial charge in [0.25, 0.3) is 0 Å². The van der Waals surface area contributed by atoms with Crippen molar-refractivity contribution in [1.29, 1.82) is 0 Å². The standard InChI is InChI=1S/C15H17BrN4O2/c1-21-12-2-3-13(16)20-14(12)11-8-10(18-15(17)19-11)9-4-6-22-7-5-9/h2-3,8-9H,4-7H2,1H3,(H2,17,18,19). The maximum Gasteiger partial charge on any atom is 0.220 e. The van der Waals surface area contributed by atoms with Crippen molar-refractivity contribution in [1.82, 2.24) is 15.0 Å². The predicted octanol–water partition coefficient (Wildman–Crippen LogP) is 2.79. The van der Waals surface area contributed by atoms with Crippen LogP contribution in [0.15, 0.2) is 22.8 Å². The summed E-state index contributed by atoms with van der Waals surface area (Å²) < 4.78 is 11.5. The smallest absolute Gasteiger partial charge is 0.220 e. The molecule has 22 heavy (non-hydrogen) atoms. The van der Waals surface area contributed by atoms with Crippen molar-refractivity contribution in [3.05, 3.63) is 28.5 Å². The van der Waals surface area contributed by atoms with Gasteiger partial charge >= 0.3 is 0 Å². The molecule has 1 aliphatic heterocycles. The Bertz CT molecular complexity index is 675. The molecule has 3 rings (SSSR count). The summed E-state index contributed by atoms with van der Waals surface area (Å²) in [5.41, 5.74) is 8.16. The van der Waals surface area contributed by atoms with Gasteiger partial charge in [0.05, 0.1) is 12.8 Å². The Morgan fingerprint density at radius 2 is 2.00 bits per heavy atom. The van der Waals surface area contributed by atoms with Crippen LogP contribution in [0, 0.1) is 0 Å². The second-order valence-corrected chi connectivity index (χ2v) is 5.92. The summed E-state index contributed by atoms with van der Waals surface area (Å²) in [4.78, 5) is 13.2. The first-order chi connectivity index (χ1) is 10.7. The van der Waals surface area contributed by atoms with Gasteiger partial charge in [-0.1, -0.05) is 0 Å². The number of hydrogen-bond acceptors (Lipinski definition) is 6. The van der Waals surface area contributed by atoms with Crippen molar-refractivity contribution in [2.24, 2.45) is 0 Å². The number of hydrogen-bond donors (Lipinski definition) is 1. The van der Waals surface area contributed by atoms with Crippen LogP contribution in [0.25, 0.3) is 11.4 Å². The molecule has 0 radical (unpaired) electrons. The quantitative estimate of drug-likeness (QED) is 0.843. The van der Waals surface area contributed by atoms with Gasteiger partial charge in [0.15, 0.2) is 0 Å². The molecule has 116 valence electrons. The van der Waals surface area contributed by atoms with Crippen molar-refractivity contribution >= 4 is 21.9 Å². The molecule has 0 aromatic carbocycles. The summed E-state index contributed by atoms with van der Waals surface area (Å²) in [6.45, 7) is 1.50. The number of halogens is 1. The number of rotatable bonds is 3. The summed E-state index contributed by atoms with van der Waals surface area (Å²) in [6, 6.07) is 5.62. The highest BCUT2D eigenvalue weighted by atomic mass is 79.9. The molecule has 1 aliphatic rings. The summed E-state index contributed by atoms with van der Waals surface area (Å²) in [5, 5.41) is 0. The van der Waals surface area contributed by atoms with Gasteiger partial charge in [0.2, 0.25) is 5.95 Å². The molecule has 2 aromatic heterocycles. The van der Waals surface area contributed by atoms with E-state index in [1.165, 1.54) is 0 Å². The normalized spacial score (nSPS) is 15.7. The number of methoxy groups -OCH3 is 1. The molecule has 0 bridgehead atoms. The number of ether oxygens (including phenoxy) is 2. The van der Waals surface area contributed by atoms with Gasteiger partial charge in [-0.15, -0.1) is 0 Å². The van der Waals surface area contributed by atoms with E-state index in [1.54, 1.807) is 7.11 Å². The minimum absolute atomic E-state index is 0.253. The zero-order valence-electron chi connectivity index (χ0n) is 12.3. The first kappa shape index (κ1) is 15.2. The third kappa shape index (κ3) is 3.20. The fraction of sp³-hybridized carbons (Fsp3) is 0.400. The zero-order chi connectivity index (χ0) is 15.5. The maximum absolute atomic E-state index is 5.90. The van der Waals surface area contributed by atoms with Crippen LogP contribution in [0.4, 0.5) is 5.95 Å². The number of nitrogen functional groups attached to an aromatic ring is 1. The monoisotopic (exact) mass is 364 g/mol. The highest BCUT2D eigenvalue weighted by Crippen LogP contribution is 2.32. The van der Waals surface area contributed by atoms with Crippen LogP contribution in [-0.2, 0) is 4.74 Å². The molecule has 0 amide bonds. The molecular formula is C15H17BrN4O2. The van der Waals surface area contributed by atoms with E-state index in [1.807, 2.05) is 18.2 Å². The highest BCUT2D eigenvalue weighted by molar-refractivity contribution is 9.10. The third-order valence-corrected chi connectivity index (χ3v) is 4.13. The van der Waals surface area contributed by atoms with Crippen molar-refractivity contribution in [3.63, 3.8) is 0 Å². The average molecular weight is 365 g/mol. The molecule has 7 heteroatoms. The van der Waals surface area contributed by atoms with E-state index in [0.29, 0.717) is 27.7 Å². The van der Waals surface area contributed by atoms with Crippen LogP contribution in [-0.4, -0.2) is 35.3 Å². The minimum Gasteiger partial charge on any atom is -0.494 e. The molecule has 3 heterocycles. The molecule has 2 N–H and O–H groups in total. The van der Waals surface area contributed by atoms with Gasteiger partial charge in [0.1, 0.15) is 16.0 Å². The van der Waals surface area contributed by atoms with E-state index < -0.39 is 0 Å². The van der Waals surface area contributed by atoms with Gasteiger partial charge in [-0.3, -0.25) is 0 Å². The molecule has 1 fully saturated rings. The second-order valence-electron chi connectivity index (χ2n) is 5.11. The molecular weight excluding hydrogens is 348 g/mol. The molecule has 6 nitrogen and oxygen atoms in total. The van der Waals surface area contributed by atoms with Gasteiger partial charge in [-0.2, -0.15) is 0 Å². The SMILES string of the molecule is COc1ccc(Br)nc1-c1cc(C2CCOCC2)nc(N)n1. The lowest BCUT2D eigenvalue weighted by atomic mass is 9.95. The first-order valence-corrected chi connectivity index (χ1v) is 7.90. The fourth-order valence-corrected chi connectivity index (χ4v) is 2.89. The van der Waals surface area contributed by atoms with E-state index in [9.17, 15) is 0 Å². The third-order valence-electron chi connectivity index (χ3n) is 3.69. The molecule has 1 saturated heterocycles. The lowest BCUT2D eigenvalue weighted by Gasteiger charge is -2.22. The summed E-state index contributed by atoms with van der Waals surface area (Å²) in [7, 11) is 1.61. The molecule has 0 unspecified atom stereocenters. The van der Waals surface area contributed by atoms with E-state index in [4.69, 9.17) is 15.2 Å². The molecule has 0 aliphatic carbocycles. The Hall–Kier alpha value is -1.73. The topological polar surface area (TPSA) is 83.2 Å². The molecule has 0 spiro atoms. The summed E-state index contributed by atoms with van der Waals surface area (Å²) >= 11 is 3.38. The number of nitrogens with zero attached hydrogens (tertiary/aromatic N) is 3. The average Bonchev–Trinajstić information content (AvgIpc) is 2.55. The van der Waals surface area contributed by atoms with E-state index in [0.717, 1.165) is 31.7 Å². The Labute approximate surface area is 137 Å². The number of anilines is 1. The van der Waals surface area contributed by atoms with Crippen LogP contribution in [0.1, 0.15) is 24.5 Å². The molecule has 0 atom stereocenters. The van der Waals surface area contributed by atoms with Gasteiger partial charge < -0.3 is 15.2 Å². The number of nitrogens with two attached hydrogens (primary N) is 1. The predicted molar refractivity (Wildman–Crippen MR) is 86.7 cm³/mol. The Morgan fingerprint density at radius 3 is 2.73 bits per heavy atom. The van der Waals surface area contributed by atoms with Crippen LogP contribution in [0.3, 0.4) is 0 Å². The second kappa shape index (κ2) is 6.58. The zero-order valence-corrected chi connectivity index (χ0v) is 13.8. The number of pyridine rings is 1. The summed E-state index contributed by atoms with van der Waals surface area (Å²) in [6.07, 6.45) is 1.89.